The molecule has 0 bridgehead atoms. The molecule has 44 heavy (non-hydrogen) atoms. The summed E-state index contributed by atoms with van der Waals surface area (Å²) in [6.07, 6.45) is 1.06. The summed E-state index contributed by atoms with van der Waals surface area (Å²) >= 11 is 0. The molecule has 10 heteroatoms. The van der Waals surface area contributed by atoms with Crippen LogP contribution in [-0.4, -0.2) is 99.1 Å². The fourth-order valence-electron chi connectivity index (χ4n) is 6.26. The topological polar surface area (TPSA) is 97.3 Å². The fraction of sp³-hybridized carbons (Fsp3) is 0.412. The summed E-state index contributed by atoms with van der Waals surface area (Å²) in [4.78, 5) is 27.5. The molecule has 5 rings (SSSR count). The molecule has 1 fully saturated rings. The Morgan fingerprint density at radius 3 is 2.23 bits per heavy atom. The van der Waals surface area contributed by atoms with Gasteiger partial charge < -0.3 is 58.0 Å². The van der Waals surface area contributed by atoms with Crippen LogP contribution in [0.2, 0.25) is 0 Å². The molecule has 1 saturated heterocycles. The molecular formula is C34H42IN3O6. The van der Waals surface area contributed by atoms with Gasteiger partial charge >= 0.3 is 0 Å². The molecule has 2 atom stereocenters. The molecule has 2 amide bonds. The summed E-state index contributed by atoms with van der Waals surface area (Å²) < 4.78 is 17.0. The van der Waals surface area contributed by atoms with Crippen molar-refractivity contribution >= 4 is 11.8 Å². The minimum absolute atomic E-state index is 0. The van der Waals surface area contributed by atoms with Crippen LogP contribution in [0.15, 0.2) is 66.7 Å². The van der Waals surface area contributed by atoms with Gasteiger partial charge in [-0.3, -0.25) is 9.59 Å². The first-order valence-corrected chi connectivity index (χ1v) is 14.8. The summed E-state index contributed by atoms with van der Waals surface area (Å²) in [6.45, 7) is 3.40. The van der Waals surface area contributed by atoms with E-state index < -0.39 is 6.10 Å². The number of hydrogen-bond acceptors (Lipinski definition) is 6. The Morgan fingerprint density at radius 2 is 1.61 bits per heavy atom. The van der Waals surface area contributed by atoms with Gasteiger partial charge in [0.2, 0.25) is 0 Å². The van der Waals surface area contributed by atoms with E-state index in [1.165, 1.54) is 11.1 Å². The van der Waals surface area contributed by atoms with Crippen molar-refractivity contribution in [1.82, 2.24) is 10.2 Å². The third kappa shape index (κ3) is 7.90. The van der Waals surface area contributed by atoms with Gasteiger partial charge in [-0.1, -0.05) is 24.3 Å². The minimum atomic E-state index is -0.774. The number of aliphatic hydroxyl groups excluding tert-OH is 1. The van der Waals surface area contributed by atoms with Crippen LogP contribution in [0.3, 0.4) is 0 Å². The van der Waals surface area contributed by atoms with Gasteiger partial charge in [-0.25, -0.2) is 0 Å². The summed E-state index contributed by atoms with van der Waals surface area (Å²) in [5.41, 5.74) is 4.70. The monoisotopic (exact) mass is 715 g/mol. The summed E-state index contributed by atoms with van der Waals surface area (Å²) in [7, 11) is 5.47. The summed E-state index contributed by atoms with van der Waals surface area (Å²) in [5, 5.41) is 14.2. The first-order chi connectivity index (χ1) is 20.8. The Hall–Kier alpha value is -3.19. The third-order valence-corrected chi connectivity index (χ3v) is 8.76. The molecular weight excluding hydrogens is 673 g/mol. The van der Waals surface area contributed by atoms with Gasteiger partial charge in [0.25, 0.3) is 11.8 Å². The van der Waals surface area contributed by atoms with E-state index in [0.29, 0.717) is 55.0 Å². The van der Waals surface area contributed by atoms with Crippen LogP contribution >= 0.6 is 0 Å². The number of hydrogen-bond donors (Lipinski definition) is 2. The highest BCUT2D eigenvalue weighted by molar-refractivity contribution is 5.97. The van der Waals surface area contributed by atoms with E-state index in [1.54, 1.807) is 43.4 Å². The van der Waals surface area contributed by atoms with Crippen LogP contribution < -0.4 is 38.8 Å². The molecule has 9 nitrogen and oxygen atoms in total. The Labute approximate surface area is 276 Å². The molecule has 0 radical (unpaired) electrons. The van der Waals surface area contributed by atoms with Gasteiger partial charge in [-0.15, -0.1) is 0 Å². The number of fused-ring (bicyclic) bond motifs is 1. The number of methoxy groups -OCH3 is 2. The lowest BCUT2D eigenvalue weighted by Crippen LogP contribution is -3.00. The molecule has 236 valence electrons. The number of likely N-dealkylation sites (N-methyl/N-ethyl adjacent to an activating group) is 1. The van der Waals surface area contributed by atoms with Crippen molar-refractivity contribution in [2.75, 3.05) is 60.7 Å². The Morgan fingerprint density at radius 1 is 0.977 bits per heavy atom. The van der Waals surface area contributed by atoms with Crippen LogP contribution in [0.5, 0.6) is 11.5 Å². The van der Waals surface area contributed by atoms with E-state index in [2.05, 4.69) is 36.6 Å². The lowest BCUT2D eigenvalue weighted by atomic mass is 10.0. The number of morpholine rings is 1. The zero-order valence-electron chi connectivity index (χ0n) is 25.6. The molecule has 2 aliphatic rings. The number of carbonyl (C=O) groups is 2. The number of aliphatic hydroxyl groups is 1. The van der Waals surface area contributed by atoms with Crippen molar-refractivity contribution in [3.8, 4) is 11.5 Å². The highest BCUT2D eigenvalue weighted by Crippen LogP contribution is 2.34. The second-order valence-corrected chi connectivity index (χ2v) is 11.7. The zero-order valence-corrected chi connectivity index (χ0v) is 27.8. The number of quaternary nitrogens is 1. The normalized spacial score (nSPS) is 16.7. The largest absolute Gasteiger partial charge is 1.00 e. The van der Waals surface area contributed by atoms with Gasteiger partial charge in [-0.05, 0) is 47.5 Å². The van der Waals surface area contributed by atoms with Crippen LogP contribution in [0, 0.1) is 0 Å². The molecule has 1 heterocycles. The average molecular weight is 716 g/mol. The maximum Gasteiger partial charge on any atom is 0.254 e. The van der Waals surface area contributed by atoms with Crippen molar-refractivity contribution in [3.05, 3.63) is 94.5 Å². The molecule has 1 unspecified atom stereocenters. The highest BCUT2D eigenvalue weighted by atomic mass is 127. The molecule has 0 spiro atoms. The maximum atomic E-state index is 13.0. The molecule has 1 aliphatic carbocycles. The number of amides is 2. The SMILES string of the molecule is COc1ccc(C[N+](C)(C[C@H](O)CNC(=O)c2ccc(C(=O)N3CCOCC3)cc2)C2Cc3ccccc3C2)c(OC)c1.[I-]. The minimum Gasteiger partial charge on any atom is -1.00 e. The van der Waals surface area contributed by atoms with E-state index in [-0.39, 0.29) is 48.4 Å². The molecule has 0 saturated carbocycles. The van der Waals surface area contributed by atoms with E-state index in [0.717, 1.165) is 29.9 Å². The van der Waals surface area contributed by atoms with Crippen molar-refractivity contribution < 1.29 is 57.4 Å². The number of carbonyl (C=O) groups excluding carboxylic acids is 2. The van der Waals surface area contributed by atoms with Gasteiger partial charge in [0.1, 0.15) is 30.7 Å². The number of halogens is 1. The van der Waals surface area contributed by atoms with Crippen LogP contribution in [0.1, 0.15) is 37.4 Å². The summed E-state index contributed by atoms with van der Waals surface area (Å²) in [6, 6.07) is 21.3. The van der Waals surface area contributed by atoms with E-state index in [4.69, 9.17) is 14.2 Å². The van der Waals surface area contributed by atoms with Crippen molar-refractivity contribution in [3.63, 3.8) is 0 Å². The zero-order chi connectivity index (χ0) is 30.4. The van der Waals surface area contributed by atoms with Crippen LogP contribution in [0.4, 0.5) is 0 Å². The molecule has 2 N–H and O–H groups in total. The third-order valence-electron chi connectivity index (χ3n) is 8.76. The molecule has 3 aromatic rings. The number of rotatable bonds is 11. The molecule has 3 aromatic carbocycles. The van der Waals surface area contributed by atoms with Gasteiger partial charge in [0.15, 0.2) is 0 Å². The van der Waals surface area contributed by atoms with Gasteiger partial charge in [0, 0.05) is 55.2 Å². The predicted octanol–water partition coefficient (Wildman–Crippen LogP) is 0.0851. The molecule has 1 aliphatic heterocycles. The number of nitrogens with zero attached hydrogens (tertiary/aromatic N) is 2. The van der Waals surface area contributed by atoms with Crippen molar-refractivity contribution in [2.24, 2.45) is 0 Å². The fourth-order valence-corrected chi connectivity index (χ4v) is 6.26. The van der Waals surface area contributed by atoms with Crippen LogP contribution in [-0.2, 0) is 24.1 Å². The van der Waals surface area contributed by atoms with E-state index in [1.807, 2.05) is 18.2 Å². The molecule has 0 aromatic heterocycles. The quantitative estimate of drug-likeness (QED) is 0.216. The lowest BCUT2D eigenvalue weighted by molar-refractivity contribution is -0.947. The Kier molecular flexibility index (Phi) is 11.6. The van der Waals surface area contributed by atoms with Crippen molar-refractivity contribution in [1.29, 1.82) is 0 Å². The summed E-state index contributed by atoms with van der Waals surface area (Å²) in [5.74, 6) is 1.12. The maximum absolute atomic E-state index is 13.0. The second kappa shape index (κ2) is 15.2. The second-order valence-electron chi connectivity index (χ2n) is 11.7. The predicted molar refractivity (Wildman–Crippen MR) is 163 cm³/mol. The number of ether oxygens (including phenoxy) is 3. The smallest absolute Gasteiger partial charge is 0.254 e. The van der Waals surface area contributed by atoms with Crippen LogP contribution in [0.25, 0.3) is 0 Å². The lowest BCUT2D eigenvalue weighted by Gasteiger charge is -2.42. The van der Waals surface area contributed by atoms with E-state index >= 15 is 0 Å². The van der Waals surface area contributed by atoms with Gasteiger partial charge in [-0.2, -0.15) is 0 Å². The average Bonchev–Trinajstić information content (AvgIpc) is 3.49. The Bertz CT molecular complexity index is 1400. The first kappa shape index (κ1) is 33.7. The van der Waals surface area contributed by atoms with Gasteiger partial charge in [0.05, 0.1) is 40.5 Å². The number of benzene rings is 3. The standard InChI is InChI=1S/C34H41N3O6.HI/c1-37(29-18-26-6-4-5-7-27(26)19-29,22-28-12-13-31(41-2)20-32(28)42-3)23-30(38)21-35-33(39)24-8-10-25(11-9-24)34(40)36-14-16-43-17-15-36;/h4-13,20,29-30,38H,14-19,21-23H2,1-3H3;1H/t30-,37?;/m1./s1. The number of nitrogens with one attached hydrogen (secondary N) is 1. The first-order valence-electron chi connectivity index (χ1n) is 14.8. The van der Waals surface area contributed by atoms with E-state index in [9.17, 15) is 14.7 Å². The van der Waals surface area contributed by atoms with Crippen molar-refractivity contribution in [2.45, 2.75) is 31.5 Å². The highest BCUT2D eigenvalue weighted by Gasteiger charge is 2.39. The Balaban J connectivity index is 0.00000442.